The van der Waals surface area contributed by atoms with E-state index in [1.807, 2.05) is 0 Å². The summed E-state index contributed by atoms with van der Waals surface area (Å²) in [5, 5.41) is 3.06. The van der Waals surface area contributed by atoms with Crippen LogP contribution in [0.3, 0.4) is 0 Å². The van der Waals surface area contributed by atoms with Gasteiger partial charge in [0.15, 0.2) is 0 Å². The summed E-state index contributed by atoms with van der Waals surface area (Å²) in [6.45, 7) is 1.52. The highest BCUT2D eigenvalue weighted by atomic mass is 35.5. The average Bonchev–Trinajstić information content (AvgIpc) is 2.69. The molecule has 5 nitrogen and oxygen atoms in total. The molecule has 0 radical (unpaired) electrons. The van der Waals surface area contributed by atoms with Crippen LogP contribution in [0.1, 0.15) is 25.6 Å². The lowest BCUT2D eigenvalue weighted by Gasteiger charge is -2.40. The van der Waals surface area contributed by atoms with Crippen LogP contribution in [0.2, 0.25) is 5.15 Å². The van der Waals surface area contributed by atoms with Gasteiger partial charge in [-0.3, -0.25) is 9.69 Å². The molecule has 0 saturated carbocycles. The molecule has 0 spiro atoms. The minimum atomic E-state index is -4.31. The first kappa shape index (κ1) is 17.1. The smallest absolute Gasteiger partial charge is 0.352 e. The zero-order valence-electron chi connectivity index (χ0n) is 12.3. The maximum atomic E-state index is 13.2. The molecule has 1 fully saturated rings. The minimum Gasteiger partial charge on any atom is -0.352 e. The average molecular weight is 339 g/mol. The van der Waals surface area contributed by atoms with Crippen molar-refractivity contribution in [2.45, 2.75) is 44.6 Å². The fourth-order valence-corrected chi connectivity index (χ4v) is 2.89. The summed E-state index contributed by atoms with van der Waals surface area (Å²) < 4.78 is 41.2. The number of alkyl halides is 3. The molecule has 1 saturated heterocycles. The largest absolute Gasteiger partial charge is 0.404 e. The van der Waals surface area contributed by atoms with Crippen molar-refractivity contribution in [2.24, 2.45) is 7.05 Å². The van der Waals surface area contributed by atoms with Gasteiger partial charge in [0.2, 0.25) is 5.91 Å². The van der Waals surface area contributed by atoms with Crippen LogP contribution in [0, 0.1) is 0 Å². The van der Waals surface area contributed by atoms with Gasteiger partial charge >= 0.3 is 6.18 Å². The maximum Gasteiger partial charge on any atom is 0.404 e. The Balaban J connectivity index is 2.16. The highest BCUT2D eigenvalue weighted by Crippen LogP contribution is 2.33. The molecule has 0 bridgehead atoms. The maximum absolute atomic E-state index is 13.2. The fourth-order valence-electron chi connectivity index (χ4n) is 2.75. The number of carbonyl (C=O) groups is 1. The molecule has 1 aromatic heterocycles. The van der Waals surface area contributed by atoms with Crippen LogP contribution in [0.4, 0.5) is 13.2 Å². The molecule has 0 aliphatic carbocycles. The number of nitrogens with one attached hydrogen (secondary N) is 1. The van der Waals surface area contributed by atoms with E-state index in [0.717, 1.165) is 0 Å². The van der Waals surface area contributed by atoms with Crippen LogP contribution in [0.15, 0.2) is 6.20 Å². The number of carbonyl (C=O) groups excluding carboxylic acids is 1. The summed E-state index contributed by atoms with van der Waals surface area (Å²) in [6.07, 6.45) is -2.64. The number of hydrogen-bond acceptors (Lipinski definition) is 3. The topological polar surface area (TPSA) is 50.2 Å². The normalized spacial score (nSPS) is 23.5. The van der Waals surface area contributed by atoms with Crippen molar-refractivity contribution in [1.29, 1.82) is 0 Å². The Kier molecular flexibility index (Phi) is 5.01. The third-order valence-corrected chi connectivity index (χ3v) is 4.19. The molecular weight excluding hydrogens is 321 g/mol. The lowest BCUT2D eigenvalue weighted by atomic mass is 9.97. The molecular formula is C13H18ClF3N4O. The number of nitrogens with zero attached hydrogens (tertiary/aromatic N) is 3. The molecule has 1 aliphatic heterocycles. The zero-order valence-corrected chi connectivity index (χ0v) is 13.1. The van der Waals surface area contributed by atoms with Gasteiger partial charge in [-0.05, 0) is 12.8 Å². The van der Waals surface area contributed by atoms with Gasteiger partial charge in [-0.25, -0.2) is 4.98 Å². The third kappa shape index (κ3) is 3.92. The van der Waals surface area contributed by atoms with Crippen molar-refractivity contribution >= 4 is 17.5 Å². The summed E-state index contributed by atoms with van der Waals surface area (Å²) in [5.41, 5.74) is 0. The van der Waals surface area contributed by atoms with Crippen molar-refractivity contribution in [1.82, 2.24) is 19.8 Å². The summed E-state index contributed by atoms with van der Waals surface area (Å²) in [7, 11) is 1.66. The molecule has 2 atom stereocenters. The molecule has 9 heteroatoms. The molecule has 1 amide bonds. The van der Waals surface area contributed by atoms with Gasteiger partial charge in [-0.2, -0.15) is 13.2 Å². The van der Waals surface area contributed by atoms with Crippen LogP contribution < -0.4 is 5.32 Å². The van der Waals surface area contributed by atoms with Crippen LogP contribution in [0.25, 0.3) is 0 Å². The summed E-state index contributed by atoms with van der Waals surface area (Å²) in [4.78, 5) is 16.5. The third-order valence-electron chi connectivity index (χ3n) is 3.84. The molecule has 1 aliphatic rings. The first-order chi connectivity index (χ1) is 10.2. The van der Waals surface area contributed by atoms with Crippen LogP contribution in [-0.4, -0.2) is 45.2 Å². The number of halogens is 4. The fraction of sp³-hybridized carbons (Fsp3) is 0.692. The Morgan fingerprint density at radius 1 is 1.50 bits per heavy atom. The van der Waals surface area contributed by atoms with Crippen molar-refractivity contribution in [2.75, 3.05) is 6.54 Å². The van der Waals surface area contributed by atoms with E-state index < -0.39 is 12.2 Å². The second-order valence-corrected chi connectivity index (χ2v) is 5.91. The standard InChI is InChI=1S/C13H18ClF3N4O/c1-8(22)19-9-3-4-10(13(15,16)17)21(6-9)7-12-18-5-11(14)20(12)2/h5,9-10H,3-4,6-7H2,1-2H3,(H,19,22)/t9-,10-/m0/s1. The van der Waals surface area contributed by atoms with E-state index in [-0.39, 0.29) is 31.5 Å². The molecule has 124 valence electrons. The van der Waals surface area contributed by atoms with Crippen LogP contribution in [-0.2, 0) is 18.4 Å². The number of rotatable bonds is 3. The van der Waals surface area contributed by atoms with Crippen molar-refractivity contribution in [3.63, 3.8) is 0 Å². The van der Waals surface area contributed by atoms with E-state index in [0.29, 0.717) is 17.4 Å². The Labute approximate surface area is 131 Å². The zero-order chi connectivity index (χ0) is 16.5. The van der Waals surface area contributed by atoms with E-state index in [4.69, 9.17) is 11.6 Å². The van der Waals surface area contributed by atoms with Crippen molar-refractivity contribution in [3.8, 4) is 0 Å². The minimum absolute atomic E-state index is 0.0312. The number of piperidine rings is 1. The predicted molar refractivity (Wildman–Crippen MR) is 75.3 cm³/mol. The van der Waals surface area contributed by atoms with Gasteiger partial charge in [0.05, 0.1) is 12.7 Å². The predicted octanol–water partition coefficient (Wildman–Crippen LogP) is 2.10. The van der Waals surface area contributed by atoms with Gasteiger partial charge in [-0.15, -0.1) is 0 Å². The van der Waals surface area contributed by atoms with Gasteiger partial charge in [0.25, 0.3) is 0 Å². The number of amides is 1. The number of likely N-dealkylation sites (tertiary alicyclic amines) is 1. The highest BCUT2D eigenvalue weighted by Gasteiger charge is 2.46. The van der Waals surface area contributed by atoms with E-state index in [1.54, 1.807) is 11.6 Å². The lowest BCUT2D eigenvalue weighted by Crippen LogP contribution is -2.55. The van der Waals surface area contributed by atoms with Crippen molar-refractivity contribution < 1.29 is 18.0 Å². The Hall–Kier alpha value is -1.28. The number of hydrogen-bond donors (Lipinski definition) is 1. The van der Waals surface area contributed by atoms with Gasteiger partial charge in [-0.1, -0.05) is 11.6 Å². The molecule has 0 unspecified atom stereocenters. The summed E-state index contributed by atoms with van der Waals surface area (Å²) >= 11 is 5.87. The van der Waals surface area contributed by atoms with Gasteiger partial charge in [0.1, 0.15) is 17.0 Å². The Bertz CT molecular complexity index is 546. The van der Waals surface area contributed by atoms with E-state index in [2.05, 4.69) is 10.3 Å². The molecule has 2 heterocycles. The summed E-state index contributed by atoms with van der Waals surface area (Å²) in [6, 6.07) is -1.82. The first-order valence-corrected chi connectivity index (χ1v) is 7.30. The molecule has 1 N–H and O–H groups in total. The van der Waals surface area contributed by atoms with E-state index in [9.17, 15) is 18.0 Å². The van der Waals surface area contributed by atoms with E-state index in [1.165, 1.54) is 18.0 Å². The summed E-state index contributed by atoms with van der Waals surface area (Å²) in [5.74, 6) is 0.221. The second-order valence-electron chi connectivity index (χ2n) is 5.52. The first-order valence-electron chi connectivity index (χ1n) is 6.92. The van der Waals surface area contributed by atoms with Gasteiger partial charge < -0.3 is 9.88 Å². The van der Waals surface area contributed by atoms with Crippen LogP contribution in [0.5, 0.6) is 0 Å². The van der Waals surface area contributed by atoms with Gasteiger partial charge in [0, 0.05) is 26.6 Å². The monoisotopic (exact) mass is 338 g/mol. The second kappa shape index (κ2) is 6.45. The SMILES string of the molecule is CC(=O)N[C@H]1CC[C@@H](C(F)(F)F)N(Cc2ncc(Cl)n2C)C1. The molecule has 2 rings (SSSR count). The van der Waals surface area contributed by atoms with Crippen LogP contribution >= 0.6 is 11.6 Å². The highest BCUT2D eigenvalue weighted by molar-refractivity contribution is 6.29. The Morgan fingerprint density at radius 3 is 2.68 bits per heavy atom. The lowest BCUT2D eigenvalue weighted by molar-refractivity contribution is -0.194. The Morgan fingerprint density at radius 2 is 2.18 bits per heavy atom. The molecule has 22 heavy (non-hydrogen) atoms. The molecule has 1 aromatic rings. The quantitative estimate of drug-likeness (QED) is 0.918. The van der Waals surface area contributed by atoms with E-state index >= 15 is 0 Å². The van der Waals surface area contributed by atoms with Crippen molar-refractivity contribution in [3.05, 3.63) is 17.2 Å². The number of aromatic nitrogens is 2. The number of imidazole rings is 1. The molecule has 0 aromatic carbocycles.